The number of rotatable bonds is 3. The van der Waals surface area contributed by atoms with Gasteiger partial charge >= 0.3 is 0 Å². The van der Waals surface area contributed by atoms with Crippen molar-refractivity contribution in [1.29, 1.82) is 0 Å². The van der Waals surface area contributed by atoms with E-state index < -0.39 is 11.8 Å². The number of amides is 2. The fourth-order valence-corrected chi connectivity index (χ4v) is 4.69. The molecule has 2 amide bonds. The summed E-state index contributed by atoms with van der Waals surface area (Å²) < 4.78 is 20.4. The van der Waals surface area contributed by atoms with Gasteiger partial charge in [-0.25, -0.2) is 4.39 Å². The molecule has 0 aromatic carbocycles. The number of likely N-dealkylation sites (tertiary alicyclic amines) is 1. The second-order valence-electron chi connectivity index (χ2n) is 7.90. The van der Waals surface area contributed by atoms with Gasteiger partial charge < -0.3 is 15.0 Å². The molecule has 0 radical (unpaired) electrons. The molecule has 24 heavy (non-hydrogen) atoms. The first-order valence-electron chi connectivity index (χ1n) is 9.53. The van der Waals surface area contributed by atoms with E-state index in [0.29, 0.717) is 38.3 Å². The van der Waals surface area contributed by atoms with Crippen LogP contribution in [-0.2, 0) is 14.3 Å². The molecule has 3 atom stereocenters. The zero-order valence-electron chi connectivity index (χ0n) is 14.1. The third-order valence-corrected chi connectivity index (χ3v) is 6.33. The largest absolute Gasteiger partial charge is 0.363 e. The van der Waals surface area contributed by atoms with Crippen LogP contribution in [0.3, 0.4) is 0 Å². The van der Waals surface area contributed by atoms with Crippen LogP contribution < -0.4 is 5.32 Å². The van der Waals surface area contributed by atoms with Crippen LogP contribution in [0.15, 0.2) is 0 Å². The molecule has 0 aromatic heterocycles. The van der Waals surface area contributed by atoms with Crippen molar-refractivity contribution in [2.24, 2.45) is 0 Å². The number of carbonyl (C=O) groups is 2. The van der Waals surface area contributed by atoms with E-state index in [1.54, 1.807) is 4.90 Å². The predicted molar refractivity (Wildman–Crippen MR) is 86.1 cm³/mol. The quantitative estimate of drug-likeness (QED) is 0.857. The van der Waals surface area contributed by atoms with Crippen molar-refractivity contribution < 1.29 is 18.7 Å². The van der Waals surface area contributed by atoms with E-state index in [4.69, 9.17) is 4.74 Å². The van der Waals surface area contributed by atoms with E-state index >= 15 is 0 Å². The number of fused-ring (bicyclic) bond motifs is 1. The molecular formula is C18H27FN2O3. The highest BCUT2D eigenvalue weighted by molar-refractivity contribution is 5.87. The van der Waals surface area contributed by atoms with Crippen molar-refractivity contribution in [3.8, 4) is 0 Å². The Hall–Kier alpha value is -1.17. The van der Waals surface area contributed by atoms with Crippen LogP contribution in [0.4, 0.5) is 4.39 Å². The molecular weight excluding hydrogens is 311 g/mol. The van der Waals surface area contributed by atoms with E-state index in [9.17, 15) is 14.0 Å². The molecule has 4 rings (SSSR count). The molecule has 1 N–H and O–H groups in total. The molecule has 0 spiro atoms. The Morgan fingerprint density at radius 3 is 2.46 bits per heavy atom. The molecule has 0 unspecified atom stereocenters. The van der Waals surface area contributed by atoms with Gasteiger partial charge in [-0.2, -0.15) is 0 Å². The number of hydrogen-bond acceptors (Lipinski definition) is 3. The van der Waals surface area contributed by atoms with Gasteiger partial charge in [0.05, 0.1) is 12.1 Å². The summed E-state index contributed by atoms with van der Waals surface area (Å²) in [5, 5.41) is 3.10. The topological polar surface area (TPSA) is 58.6 Å². The van der Waals surface area contributed by atoms with Gasteiger partial charge in [0.15, 0.2) is 5.67 Å². The highest BCUT2D eigenvalue weighted by Gasteiger charge is 2.52. The van der Waals surface area contributed by atoms with Crippen molar-refractivity contribution in [3.63, 3.8) is 0 Å². The minimum atomic E-state index is -1.63. The van der Waals surface area contributed by atoms with Crippen molar-refractivity contribution >= 4 is 11.8 Å². The average molecular weight is 338 g/mol. The summed E-state index contributed by atoms with van der Waals surface area (Å²) in [5.41, 5.74) is -1.63. The lowest BCUT2D eigenvalue weighted by atomic mass is 9.80. The van der Waals surface area contributed by atoms with E-state index in [1.165, 1.54) is 12.8 Å². The molecule has 2 saturated heterocycles. The molecule has 0 bridgehead atoms. The smallest absolute Gasteiger partial charge is 0.260 e. The van der Waals surface area contributed by atoms with Crippen LogP contribution in [0.25, 0.3) is 0 Å². The molecule has 5 nitrogen and oxygen atoms in total. The highest BCUT2D eigenvalue weighted by Crippen LogP contribution is 2.41. The maximum absolute atomic E-state index is 14.4. The molecule has 2 heterocycles. The summed E-state index contributed by atoms with van der Waals surface area (Å²) in [7, 11) is 0. The molecule has 0 aromatic rings. The minimum absolute atomic E-state index is 0.00826. The summed E-state index contributed by atoms with van der Waals surface area (Å²) in [6.07, 6.45) is 7.51. The van der Waals surface area contributed by atoms with Gasteiger partial charge in [0, 0.05) is 12.6 Å². The SMILES string of the molecule is O=C(NC1CCCC1)[C@H]1CC[C@@H]2[C@@H](CCN2C(=O)C2(F)CCC2)O1. The lowest BCUT2D eigenvalue weighted by Gasteiger charge is -2.40. The second-order valence-corrected chi connectivity index (χ2v) is 7.90. The fraction of sp³-hybridized carbons (Fsp3) is 0.889. The van der Waals surface area contributed by atoms with Crippen LogP contribution in [-0.4, -0.2) is 53.2 Å². The van der Waals surface area contributed by atoms with Gasteiger partial charge in [0.1, 0.15) is 6.10 Å². The first-order chi connectivity index (χ1) is 11.6. The zero-order chi connectivity index (χ0) is 16.7. The van der Waals surface area contributed by atoms with Gasteiger partial charge in [-0.3, -0.25) is 9.59 Å². The zero-order valence-corrected chi connectivity index (χ0v) is 14.1. The van der Waals surface area contributed by atoms with E-state index in [2.05, 4.69) is 5.32 Å². The number of alkyl halides is 1. The minimum Gasteiger partial charge on any atom is -0.363 e. The molecule has 4 aliphatic rings. The predicted octanol–water partition coefficient (Wildman–Crippen LogP) is 2.09. The molecule has 2 saturated carbocycles. The van der Waals surface area contributed by atoms with Crippen molar-refractivity contribution in [3.05, 3.63) is 0 Å². The Labute approximate surface area is 142 Å². The lowest BCUT2D eigenvalue weighted by Crippen LogP contribution is -2.55. The molecule has 2 aliphatic carbocycles. The van der Waals surface area contributed by atoms with E-state index in [0.717, 1.165) is 25.7 Å². The highest BCUT2D eigenvalue weighted by atomic mass is 19.1. The van der Waals surface area contributed by atoms with Crippen LogP contribution in [0.5, 0.6) is 0 Å². The normalized spacial score (nSPS) is 35.4. The Bertz CT molecular complexity index is 516. The van der Waals surface area contributed by atoms with E-state index in [1.807, 2.05) is 0 Å². The summed E-state index contributed by atoms with van der Waals surface area (Å²) in [5.74, 6) is -0.357. The third-order valence-electron chi connectivity index (χ3n) is 6.33. The van der Waals surface area contributed by atoms with Crippen molar-refractivity contribution in [2.45, 2.75) is 94.2 Å². The van der Waals surface area contributed by atoms with Gasteiger partial charge in [-0.1, -0.05) is 12.8 Å². The first-order valence-corrected chi connectivity index (χ1v) is 9.53. The standard InChI is InChI=1S/C18H27FN2O3/c19-18(9-3-10-18)17(23)21-11-8-14-13(21)6-7-15(24-14)16(22)20-12-4-1-2-5-12/h12-15H,1-11H2,(H,20,22)/t13-,14-,15-/m1/s1. The number of nitrogens with one attached hydrogen (secondary N) is 1. The molecule has 2 aliphatic heterocycles. The summed E-state index contributed by atoms with van der Waals surface area (Å²) in [6.45, 7) is 0.552. The fourth-order valence-electron chi connectivity index (χ4n) is 4.69. The number of ether oxygens (including phenoxy) is 1. The Morgan fingerprint density at radius 2 is 1.79 bits per heavy atom. The molecule has 4 fully saturated rings. The average Bonchev–Trinajstić information content (AvgIpc) is 3.20. The van der Waals surface area contributed by atoms with Crippen molar-refractivity contribution in [1.82, 2.24) is 10.2 Å². The Balaban J connectivity index is 1.33. The lowest BCUT2D eigenvalue weighted by molar-refractivity contribution is -0.157. The van der Waals surface area contributed by atoms with E-state index in [-0.39, 0.29) is 24.0 Å². The summed E-state index contributed by atoms with van der Waals surface area (Å²) in [4.78, 5) is 26.6. The Morgan fingerprint density at radius 1 is 1.04 bits per heavy atom. The summed E-state index contributed by atoms with van der Waals surface area (Å²) in [6, 6.07) is 0.242. The number of hydrogen-bond donors (Lipinski definition) is 1. The first kappa shape index (κ1) is 16.3. The molecule has 6 heteroatoms. The number of halogens is 1. The monoisotopic (exact) mass is 338 g/mol. The van der Waals surface area contributed by atoms with Gasteiger partial charge in [-0.05, 0) is 51.4 Å². The molecule has 134 valence electrons. The third kappa shape index (κ3) is 2.83. The van der Waals surface area contributed by atoms with Gasteiger partial charge in [-0.15, -0.1) is 0 Å². The Kier molecular flexibility index (Phi) is 4.27. The maximum atomic E-state index is 14.4. The number of nitrogens with zero attached hydrogens (tertiary/aromatic N) is 1. The van der Waals surface area contributed by atoms with Crippen LogP contribution in [0.2, 0.25) is 0 Å². The van der Waals surface area contributed by atoms with Crippen molar-refractivity contribution in [2.75, 3.05) is 6.54 Å². The van der Waals surface area contributed by atoms with Crippen LogP contribution >= 0.6 is 0 Å². The van der Waals surface area contributed by atoms with Gasteiger partial charge in [0.2, 0.25) is 5.91 Å². The van der Waals surface area contributed by atoms with Gasteiger partial charge in [0.25, 0.3) is 5.91 Å². The maximum Gasteiger partial charge on any atom is 0.260 e. The van der Waals surface area contributed by atoms with Crippen LogP contribution in [0, 0.1) is 0 Å². The van der Waals surface area contributed by atoms with Crippen LogP contribution in [0.1, 0.15) is 64.2 Å². The summed E-state index contributed by atoms with van der Waals surface area (Å²) >= 11 is 0. The number of carbonyl (C=O) groups excluding carboxylic acids is 2. The second kappa shape index (κ2) is 6.28.